The Morgan fingerprint density at radius 2 is 1.92 bits per heavy atom. The van der Waals surface area contributed by atoms with Crippen LogP contribution in [0.2, 0.25) is 0 Å². The zero-order chi connectivity index (χ0) is 9.40. The van der Waals surface area contributed by atoms with Crippen LogP contribution in [0.5, 0.6) is 0 Å². The van der Waals surface area contributed by atoms with E-state index in [4.69, 9.17) is 0 Å². The van der Waals surface area contributed by atoms with E-state index in [2.05, 4.69) is 18.3 Å². The summed E-state index contributed by atoms with van der Waals surface area (Å²) in [5.41, 5.74) is 2.08. The molecule has 1 nitrogen and oxygen atoms in total. The quantitative estimate of drug-likeness (QED) is 0.443. The maximum absolute atomic E-state index is 3.75. The van der Waals surface area contributed by atoms with Gasteiger partial charge in [0.05, 0.1) is 0 Å². The molecule has 0 aromatic heterocycles. The van der Waals surface area contributed by atoms with Gasteiger partial charge >= 0.3 is 0 Å². The monoisotopic (exact) mass is 161 g/mol. The molecule has 0 N–H and O–H groups in total. The van der Waals surface area contributed by atoms with Gasteiger partial charge in [0.25, 0.3) is 0 Å². The highest BCUT2D eigenvalue weighted by molar-refractivity contribution is 5.30. The summed E-state index contributed by atoms with van der Waals surface area (Å²) in [5, 5.41) is 0. The molecule has 0 fully saturated rings. The van der Waals surface area contributed by atoms with Crippen molar-refractivity contribution in [1.82, 2.24) is 0 Å². The molecule has 0 saturated carbocycles. The second kappa shape index (κ2) is 6.35. The molecule has 12 heavy (non-hydrogen) atoms. The van der Waals surface area contributed by atoms with E-state index < -0.39 is 0 Å². The highest BCUT2D eigenvalue weighted by Crippen LogP contribution is 1.97. The Morgan fingerprint density at radius 1 is 1.25 bits per heavy atom. The van der Waals surface area contributed by atoms with Crippen molar-refractivity contribution in [3.05, 3.63) is 48.2 Å². The Balaban J connectivity index is 4.16. The fourth-order valence-corrected chi connectivity index (χ4v) is 0.633. The predicted octanol–water partition coefficient (Wildman–Crippen LogP) is 3.28. The lowest BCUT2D eigenvalue weighted by Crippen LogP contribution is -1.66. The number of nitrogens with zero attached hydrogens (tertiary/aromatic N) is 1. The molecule has 0 heterocycles. The van der Waals surface area contributed by atoms with E-state index in [1.807, 2.05) is 38.2 Å². The van der Waals surface area contributed by atoms with Crippen LogP contribution in [0.25, 0.3) is 0 Å². The lowest BCUT2D eigenvalue weighted by atomic mass is 10.2. The molecule has 0 bridgehead atoms. The number of hydrogen-bond acceptors (Lipinski definition) is 1. The molecule has 0 unspecified atom stereocenters. The summed E-state index contributed by atoms with van der Waals surface area (Å²) >= 11 is 0. The lowest BCUT2D eigenvalue weighted by molar-refractivity contribution is 1.33. The van der Waals surface area contributed by atoms with E-state index in [-0.39, 0.29) is 0 Å². The van der Waals surface area contributed by atoms with E-state index in [1.165, 1.54) is 0 Å². The zero-order valence-corrected chi connectivity index (χ0v) is 7.75. The van der Waals surface area contributed by atoms with Crippen molar-refractivity contribution in [3.63, 3.8) is 0 Å². The Morgan fingerprint density at radius 3 is 2.42 bits per heavy atom. The average molecular weight is 161 g/mol. The number of aliphatic imine (C=N–C) groups is 1. The molecule has 0 amide bonds. The van der Waals surface area contributed by atoms with Crippen LogP contribution < -0.4 is 0 Å². The minimum Gasteiger partial charge on any atom is -0.269 e. The van der Waals surface area contributed by atoms with Gasteiger partial charge in [0, 0.05) is 5.70 Å². The number of hydrogen-bond donors (Lipinski definition) is 0. The predicted molar refractivity (Wildman–Crippen MR) is 56.4 cm³/mol. The summed E-state index contributed by atoms with van der Waals surface area (Å²) in [6.07, 6.45) is 9.56. The van der Waals surface area contributed by atoms with Crippen molar-refractivity contribution in [1.29, 1.82) is 0 Å². The van der Waals surface area contributed by atoms with Crippen molar-refractivity contribution < 1.29 is 0 Å². The molecule has 0 saturated heterocycles. The SMILES string of the molecule is C=C/C=C(C)/C=C\C=C(/C)N=C. The number of allylic oxidation sites excluding steroid dienone is 7. The normalized spacial score (nSPS) is 13.5. The third-order valence-electron chi connectivity index (χ3n) is 1.33. The van der Waals surface area contributed by atoms with Gasteiger partial charge in [-0.1, -0.05) is 36.5 Å². The first-order valence-corrected chi connectivity index (χ1v) is 3.81. The standard InChI is InChI=1S/C11H15N/c1-5-7-10(2)8-6-9-11(3)12-4/h5-9H,1,4H2,2-3H3/b8-6-,10-7+,11-9+. The minimum atomic E-state index is 0.914. The summed E-state index contributed by atoms with van der Waals surface area (Å²) in [6, 6.07) is 0. The van der Waals surface area contributed by atoms with Gasteiger partial charge in [-0.25, -0.2) is 0 Å². The van der Waals surface area contributed by atoms with E-state index in [9.17, 15) is 0 Å². The highest BCUT2D eigenvalue weighted by Gasteiger charge is 1.77. The number of rotatable bonds is 4. The lowest BCUT2D eigenvalue weighted by Gasteiger charge is -1.87. The van der Waals surface area contributed by atoms with Crippen LogP contribution in [0.15, 0.2) is 53.2 Å². The van der Waals surface area contributed by atoms with Gasteiger partial charge in [-0.05, 0) is 26.6 Å². The van der Waals surface area contributed by atoms with Crippen LogP contribution in [0, 0.1) is 0 Å². The first-order valence-electron chi connectivity index (χ1n) is 3.81. The van der Waals surface area contributed by atoms with Gasteiger partial charge < -0.3 is 0 Å². The van der Waals surface area contributed by atoms with Crippen molar-refractivity contribution >= 4 is 6.72 Å². The summed E-state index contributed by atoms with van der Waals surface area (Å²) in [4.78, 5) is 3.75. The molecule has 0 aliphatic rings. The Labute approximate surface area is 74.5 Å². The second-order valence-electron chi connectivity index (χ2n) is 2.47. The van der Waals surface area contributed by atoms with Gasteiger partial charge in [0.15, 0.2) is 0 Å². The third kappa shape index (κ3) is 5.42. The van der Waals surface area contributed by atoms with Crippen molar-refractivity contribution in [2.24, 2.45) is 4.99 Å². The summed E-state index contributed by atoms with van der Waals surface area (Å²) in [7, 11) is 0. The van der Waals surface area contributed by atoms with Crippen LogP contribution in [0.1, 0.15) is 13.8 Å². The van der Waals surface area contributed by atoms with Gasteiger partial charge in [-0.2, -0.15) is 0 Å². The first-order chi connectivity index (χ1) is 5.70. The summed E-state index contributed by atoms with van der Waals surface area (Å²) < 4.78 is 0. The van der Waals surface area contributed by atoms with Crippen molar-refractivity contribution in [2.45, 2.75) is 13.8 Å². The summed E-state index contributed by atoms with van der Waals surface area (Å²) in [5.74, 6) is 0. The van der Waals surface area contributed by atoms with Crippen LogP contribution in [-0.4, -0.2) is 6.72 Å². The van der Waals surface area contributed by atoms with Crippen LogP contribution >= 0.6 is 0 Å². The maximum Gasteiger partial charge on any atom is 0.0365 e. The van der Waals surface area contributed by atoms with Gasteiger partial charge in [0.1, 0.15) is 0 Å². The molecule has 0 aliphatic heterocycles. The highest BCUT2D eigenvalue weighted by atomic mass is 14.7. The molecule has 0 aliphatic carbocycles. The maximum atomic E-state index is 3.75. The van der Waals surface area contributed by atoms with Gasteiger partial charge in [-0.3, -0.25) is 4.99 Å². The smallest absolute Gasteiger partial charge is 0.0365 e. The van der Waals surface area contributed by atoms with Crippen molar-refractivity contribution in [2.75, 3.05) is 0 Å². The Kier molecular flexibility index (Phi) is 5.62. The minimum absolute atomic E-state index is 0.914. The second-order valence-corrected chi connectivity index (χ2v) is 2.47. The largest absolute Gasteiger partial charge is 0.269 e. The topological polar surface area (TPSA) is 12.4 Å². The molecule has 0 spiro atoms. The Hall–Kier alpha value is -1.37. The van der Waals surface area contributed by atoms with E-state index >= 15 is 0 Å². The fourth-order valence-electron chi connectivity index (χ4n) is 0.633. The fraction of sp³-hybridized carbons (Fsp3) is 0.182. The van der Waals surface area contributed by atoms with Crippen LogP contribution in [0.3, 0.4) is 0 Å². The molecule has 64 valence electrons. The van der Waals surface area contributed by atoms with E-state index in [0.717, 1.165) is 11.3 Å². The molecule has 0 radical (unpaired) electrons. The van der Waals surface area contributed by atoms with E-state index in [1.54, 1.807) is 6.08 Å². The summed E-state index contributed by atoms with van der Waals surface area (Å²) in [6.45, 7) is 10.9. The molecule has 0 atom stereocenters. The van der Waals surface area contributed by atoms with Crippen LogP contribution in [0.4, 0.5) is 0 Å². The molecule has 0 aromatic rings. The molecular weight excluding hydrogens is 146 g/mol. The van der Waals surface area contributed by atoms with Gasteiger partial charge in [-0.15, -0.1) is 0 Å². The first kappa shape index (κ1) is 10.6. The molecule has 1 heteroatoms. The Bertz CT molecular complexity index is 242. The third-order valence-corrected chi connectivity index (χ3v) is 1.33. The average Bonchev–Trinajstić information content (AvgIpc) is 2.04. The molecule has 0 aromatic carbocycles. The van der Waals surface area contributed by atoms with Crippen LogP contribution in [-0.2, 0) is 0 Å². The zero-order valence-electron chi connectivity index (χ0n) is 7.75. The molecule has 0 rings (SSSR count). The van der Waals surface area contributed by atoms with E-state index in [0.29, 0.717) is 0 Å². The van der Waals surface area contributed by atoms with Crippen molar-refractivity contribution in [3.8, 4) is 0 Å². The molecular formula is C11H15N. The van der Waals surface area contributed by atoms with Gasteiger partial charge in [0.2, 0.25) is 0 Å².